The Labute approximate surface area is 165 Å². The van der Waals surface area contributed by atoms with Gasteiger partial charge in [-0.05, 0) is 48.0 Å². The fourth-order valence-corrected chi connectivity index (χ4v) is 2.65. The molecule has 152 valence electrons. The molecule has 0 bridgehead atoms. The summed E-state index contributed by atoms with van der Waals surface area (Å²) >= 11 is 0. The Bertz CT molecular complexity index is 944. The first-order valence-electron chi connectivity index (χ1n) is 8.33. The number of methoxy groups -OCH3 is 3. The molecule has 0 saturated carbocycles. The van der Waals surface area contributed by atoms with E-state index in [1.807, 2.05) is 0 Å². The molecule has 0 N–H and O–H groups in total. The summed E-state index contributed by atoms with van der Waals surface area (Å²) in [5, 5.41) is 0. The van der Waals surface area contributed by atoms with Crippen molar-refractivity contribution in [3.8, 4) is 23.0 Å². The lowest BCUT2D eigenvalue weighted by molar-refractivity contribution is -0.129. The van der Waals surface area contributed by atoms with Gasteiger partial charge in [0.2, 0.25) is 11.6 Å². The number of benzene rings is 2. The molecule has 1 aliphatic heterocycles. The van der Waals surface area contributed by atoms with Crippen molar-refractivity contribution in [2.45, 2.75) is 6.61 Å². The highest BCUT2D eigenvalue weighted by atomic mass is 19.3. The van der Waals surface area contributed by atoms with Gasteiger partial charge in [-0.3, -0.25) is 0 Å². The minimum atomic E-state index is -2.92. The molecule has 1 aliphatic rings. The predicted molar refractivity (Wildman–Crippen MR) is 99.8 cm³/mol. The maximum atomic E-state index is 12.2. The number of hydrogen-bond donors (Lipinski definition) is 0. The van der Waals surface area contributed by atoms with Gasteiger partial charge in [0.05, 0.1) is 21.3 Å². The second kappa shape index (κ2) is 8.59. The SMILES string of the molecule is COc1cc(C=C2N=C(c3ccc(OC(F)F)cc3)OC2=O)cc(OC)c1OC. The number of hydrogen-bond acceptors (Lipinski definition) is 7. The van der Waals surface area contributed by atoms with Crippen LogP contribution in [0.2, 0.25) is 0 Å². The minimum absolute atomic E-state index is 0.0122. The highest BCUT2D eigenvalue weighted by Gasteiger charge is 2.25. The molecule has 0 spiro atoms. The lowest BCUT2D eigenvalue weighted by atomic mass is 10.1. The smallest absolute Gasteiger partial charge is 0.387 e. The van der Waals surface area contributed by atoms with Gasteiger partial charge in [-0.15, -0.1) is 0 Å². The number of carbonyl (C=O) groups excluding carboxylic acids is 1. The van der Waals surface area contributed by atoms with Crippen LogP contribution in [-0.4, -0.2) is 39.8 Å². The van der Waals surface area contributed by atoms with Gasteiger partial charge < -0.3 is 23.7 Å². The third-order valence-corrected chi connectivity index (χ3v) is 3.94. The number of esters is 1. The zero-order valence-electron chi connectivity index (χ0n) is 15.8. The van der Waals surface area contributed by atoms with Crippen LogP contribution in [0.15, 0.2) is 47.1 Å². The predicted octanol–water partition coefficient (Wildman–Crippen LogP) is 3.66. The molecule has 0 atom stereocenters. The summed E-state index contributed by atoms with van der Waals surface area (Å²) in [5.74, 6) is 0.648. The number of alkyl halides is 2. The van der Waals surface area contributed by atoms with Crippen LogP contribution < -0.4 is 18.9 Å². The molecule has 2 aromatic carbocycles. The first-order chi connectivity index (χ1) is 13.9. The molecular formula is C20H17F2NO6. The molecule has 0 unspecified atom stereocenters. The average molecular weight is 405 g/mol. The van der Waals surface area contributed by atoms with Crippen molar-refractivity contribution in [2.75, 3.05) is 21.3 Å². The van der Waals surface area contributed by atoms with Gasteiger partial charge >= 0.3 is 12.6 Å². The van der Waals surface area contributed by atoms with Crippen LogP contribution in [0.25, 0.3) is 6.08 Å². The Morgan fingerprint density at radius 3 is 2.14 bits per heavy atom. The molecule has 0 saturated heterocycles. The molecule has 0 aliphatic carbocycles. The van der Waals surface area contributed by atoms with E-state index in [1.165, 1.54) is 51.7 Å². The van der Waals surface area contributed by atoms with Crippen LogP contribution in [0.4, 0.5) is 8.78 Å². The summed E-state index contributed by atoms with van der Waals surface area (Å²) in [4.78, 5) is 16.4. The maximum Gasteiger partial charge on any atom is 0.387 e. The van der Waals surface area contributed by atoms with Crippen LogP contribution in [0.3, 0.4) is 0 Å². The normalized spacial score (nSPS) is 14.6. The topological polar surface area (TPSA) is 75.6 Å². The lowest BCUT2D eigenvalue weighted by Gasteiger charge is -2.12. The van der Waals surface area contributed by atoms with Gasteiger partial charge in [0.1, 0.15) is 5.75 Å². The minimum Gasteiger partial charge on any atom is -0.493 e. The van der Waals surface area contributed by atoms with Crippen LogP contribution >= 0.6 is 0 Å². The van der Waals surface area contributed by atoms with Crippen molar-refractivity contribution in [3.05, 3.63) is 53.2 Å². The third kappa shape index (κ3) is 4.45. The summed E-state index contributed by atoms with van der Waals surface area (Å²) in [6.07, 6.45) is 1.51. The van der Waals surface area contributed by atoms with Gasteiger partial charge in [-0.2, -0.15) is 8.78 Å². The molecule has 9 heteroatoms. The second-order valence-corrected chi connectivity index (χ2v) is 5.70. The van der Waals surface area contributed by atoms with Crippen molar-refractivity contribution >= 4 is 17.9 Å². The number of cyclic esters (lactones) is 1. The molecule has 7 nitrogen and oxygen atoms in total. The van der Waals surface area contributed by atoms with Gasteiger partial charge in [-0.25, -0.2) is 9.79 Å². The molecule has 29 heavy (non-hydrogen) atoms. The Balaban J connectivity index is 1.90. The largest absolute Gasteiger partial charge is 0.493 e. The molecule has 0 aromatic heterocycles. The molecule has 0 radical (unpaired) electrons. The van der Waals surface area contributed by atoms with Crippen molar-refractivity contribution in [2.24, 2.45) is 4.99 Å². The molecule has 0 fully saturated rings. The van der Waals surface area contributed by atoms with Crippen molar-refractivity contribution < 1.29 is 37.3 Å². The van der Waals surface area contributed by atoms with Crippen molar-refractivity contribution in [1.82, 2.24) is 0 Å². The van der Waals surface area contributed by atoms with E-state index in [9.17, 15) is 13.6 Å². The summed E-state index contributed by atoms with van der Waals surface area (Å²) in [6, 6.07) is 8.91. The zero-order valence-corrected chi connectivity index (χ0v) is 15.8. The van der Waals surface area contributed by atoms with Crippen LogP contribution in [0.1, 0.15) is 11.1 Å². The number of ether oxygens (including phenoxy) is 5. The molecule has 3 rings (SSSR count). The van der Waals surface area contributed by atoms with Crippen molar-refractivity contribution in [1.29, 1.82) is 0 Å². The maximum absolute atomic E-state index is 12.2. The van der Waals surface area contributed by atoms with E-state index in [-0.39, 0.29) is 17.3 Å². The van der Waals surface area contributed by atoms with E-state index in [1.54, 1.807) is 12.1 Å². The number of rotatable bonds is 7. The van der Waals surface area contributed by atoms with Gasteiger partial charge in [0.25, 0.3) is 0 Å². The van der Waals surface area contributed by atoms with E-state index in [0.29, 0.717) is 28.4 Å². The Hall–Kier alpha value is -3.62. The number of carbonyl (C=O) groups is 1. The van der Waals surface area contributed by atoms with Crippen LogP contribution in [-0.2, 0) is 9.53 Å². The highest BCUT2D eigenvalue weighted by Crippen LogP contribution is 2.39. The summed E-state index contributed by atoms with van der Waals surface area (Å²) in [5.41, 5.74) is 1.08. The standard InChI is InChI=1S/C20H17F2NO6/c1-25-15-9-11(10-16(26-2)17(15)27-3)8-14-19(24)29-18(23-14)12-4-6-13(7-5-12)28-20(21)22/h4-10,20H,1-3H3. The lowest BCUT2D eigenvalue weighted by Crippen LogP contribution is -2.06. The van der Waals surface area contributed by atoms with E-state index in [4.69, 9.17) is 18.9 Å². The fraction of sp³-hybridized carbons (Fsp3) is 0.200. The second-order valence-electron chi connectivity index (χ2n) is 5.70. The number of aliphatic imine (C=N–C) groups is 1. The highest BCUT2D eigenvalue weighted by molar-refractivity contribution is 6.12. The fourth-order valence-electron chi connectivity index (χ4n) is 2.65. The van der Waals surface area contributed by atoms with E-state index >= 15 is 0 Å². The van der Waals surface area contributed by atoms with Gasteiger partial charge in [0.15, 0.2) is 17.2 Å². The molecule has 2 aromatic rings. The number of halogens is 2. The summed E-state index contributed by atoms with van der Waals surface area (Å²) in [6.45, 7) is -2.92. The number of nitrogens with zero attached hydrogens (tertiary/aromatic N) is 1. The van der Waals surface area contributed by atoms with Gasteiger partial charge in [0, 0.05) is 5.56 Å². The monoisotopic (exact) mass is 405 g/mol. The summed E-state index contributed by atoms with van der Waals surface area (Å²) in [7, 11) is 4.45. The molecule has 1 heterocycles. The molecular weight excluding hydrogens is 388 g/mol. The Kier molecular flexibility index (Phi) is 5.96. The van der Waals surface area contributed by atoms with Gasteiger partial charge in [-0.1, -0.05) is 0 Å². The zero-order chi connectivity index (χ0) is 21.0. The Morgan fingerprint density at radius 1 is 1.00 bits per heavy atom. The Morgan fingerprint density at radius 2 is 1.62 bits per heavy atom. The van der Waals surface area contributed by atoms with Crippen LogP contribution in [0, 0.1) is 0 Å². The van der Waals surface area contributed by atoms with E-state index in [2.05, 4.69) is 9.73 Å². The van der Waals surface area contributed by atoms with E-state index < -0.39 is 12.6 Å². The third-order valence-electron chi connectivity index (χ3n) is 3.94. The summed E-state index contributed by atoms with van der Waals surface area (Å²) < 4.78 is 49.8. The average Bonchev–Trinajstić information content (AvgIpc) is 3.07. The quantitative estimate of drug-likeness (QED) is 0.517. The van der Waals surface area contributed by atoms with Crippen LogP contribution in [0.5, 0.6) is 23.0 Å². The molecule has 0 amide bonds. The van der Waals surface area contributed by atoms with Crippen molar-refractivity contribution in [3.63, 3.8) is 0 Å². The first kappa shape index (κ1) is 20.1. The van der Waals surface area contributed by atoms with E-state index in [0.717, 1.165) is 0 Å². The first-order valence-corrected chi connectivity index (χ1v) is 8.33.